The highest BCUT2D eigenvalue weighted by atomic mass is 16.5. The molecule has 1 aromatic heterocycles. The molecule has 0 aliphatic rings. The molecule has 0 saturated heterocycles. The van der Waals surface area contributed by atoms with Crippen molar-refractivity contribution in [2.75, 3.05) is 0 Å². The lowest BCUT2D eigenvalue weighted by Crippen LogP contribution is -2.33. The van der Waals surface area contributed by atoms with Gasteiger partial charge in [0.2, 0.25) is 0 Å². The van der Waals surface area contributed by atoms with Crippen LogP contribution in [0.2, 0.25) is 0 Å². The summed E-state index contributed by atoms with van der Waals surface area (Å²) in [6.07, 6.45) is 4.23. The van der Waals surface area contributed by atoms with Crippen molar-refractivity contribution in [3.8, 4) is 5.75 Å². The summed E-state index contributed by atoms with van der Waals surface area (Å²) < 4.78 is 5.56. The SMILES string of the molecule is Cc1cccc(O[C@@H](C)C(=O)N/N=C\c2cccnc2)c1. The molecular formula is C16H17N3O2. The van der Waals surface area contributed by atoms with Crippen molar-refractivity contribution in [1.29, 1.82) is 0 Å². The van der Waals surface area contributed by atoms with Crippen molar-refractivity contribution in [2.24, 2.45) is 5.10 Å². The first-order valence-corrected chi connectivity index (χ1v) is 6.61. The van der Waals surface area contributed by atoms with E-state index in [1.165, 1.54) is 6.21 Å². The van der Waals surface area contributed by atoms with Crippen LogP contribution in [-0.2, 0) is 4.79 Å². The molecule has 0 unspecified atom stereocenters. The van der Waals surface area contributed by atoms with Gasteiger partial charge in [0.25, 0.3) is 5.91 Å². The maximum atomic E-state index is 11.9. The summed E-state index contributed by atoms with van der Waals surface area (Å²) in [5, 5.41) is 3.88. The molecule has 5 nitrogen and oxygen atoms in total. The van der Waals surface area contributed by atoms with Crippen LogP contribution in [0.4, 0.5) is 0 Å². The van der Waals surface area contributed by atoms with E-state index in [2.05, 4.69) is 15.5 Å². The highest BCUT2D eigenvalue weighted by Gasteiger charge is 2.13. The molecule has 0 bridgehead atoms. The van der Waals surface area contributed by atoms with Crippen LogP contribution in [-0.4, -0.2) is 23.2 Å². The number of hydrogen-bond donors (Lipinski definition) is 1. The van der Waals surface area contributed by atoms with Crippen LogP contribution >= 0.6 is 0 Å². The molecule has 1 heterocycles. The van der Waals surface area contributed by atoms with E-state index < -0.39 is 6.10 Å². The van der Waals surface area contributed by atoms with E-state index in [4.69, 9.17) is 4.74 Å². The summed E-state index contributed by atoms with van der Waals surface area (Å²) >= 11 is 0. The van der Waals surface area contributed by atoms with Crippen molar-refractivity contribution in [3.05, 3.63) is 59.9 Å². The molecule has 1 amide bonds. The van der Waals surface area contributed by atoms with Crippen molar-refractivity contribution in [1.82, 2.24) is 10.4 Å². The Bertz CT molecular complexity index is 626. The van der Waals surface area contributed by atoms with Crippen molar-refractivity contribution >= 4 is 12.1 Å². The Morgan fingerprint density at radius 1 is 1.38 bits per heavy atom. The van der Waals surface area contributed by atoms with E-state index in [-0.39, 0.29) is 5.91 Å². The Hall–Kier alpha value is -2.69. The number of benzene rings is 1. The van der Waals surface area contributed by atoms with Crippen LogP contribution in [0.25, 0.3) is 0 Å². The number of rotatable bonds is 5. The normalized spacial score (nSPS) is 12.1. The highest BCUT2D eigenvalue weighted by Crippen LogP contribution is 2.14. The number of nitrogens with one attached hydrogen (secondary N) is 1. The van der Waals surface area contributed by atoms with E-state index in [1.54, 1.807) is 25.4 Å². The molecule has 0 saturated carbocycles. The molecule has 0 spiro atoms. The van der Waals surface area contributed by atoms with Crippen LogP contribution in [0.1, 0.15) is 18.1 Å². The van der Waals surface area contributed by atoms with Gasteiger partial charge in [0.1, 0.15) is 5.75 Å². The highest BCUT2D eigenvalue weighted by molar-refractivity contribution is 5.84. The van der Waals surface area contributed by atoms with E-state index in [0.717, 1.165) is 11.1 Å². The quantitative estimate of drug-likeness (QED) is 0.676. The first-order valence-electron chi connectivity index (χ1n) is 6.61. The van der Waals surface area contributed by atoms with Gasteiger partial charge in [-0.25, -0.2) is 5.43 Å². The Morgan fingerprint density at radius 2 is 2.24 bits per heavy atom. The van der Waals surface area contributed by atoms with E-state index >= 15 is 0 Å². The first kappa shape index (κ1) is 14.7. The van der Waals surface area contributed by atoms with Gasteiger partial charge in [0.05, 0.1) is 6.21 Å². The molecule has 108 valence electrons. The molecule has 0 aliphatic carbocycles. The van der Waals surface area contributed by atoms with Crippen LogP contribution < -0.4 is 10.2 Å². The van der Waals surface area contributed by atoms with Gasteiger partial charge in [-0.15, -0.1) is 0 Å². The predicted octanol–water partition coefficient (Wildman–Crippen LogP) is 2.31. The van der Waals surface area contributed by atoms with Crippen LogP contribution in [0.3, 0.4) is 0 Å². The fourth-order valence-corrected chi connectivity index (χ4v) is 1.66. The lowest BCUT2D eigenvalue weighted by Gasteiger charge is -2.13. The zero-order valence-corrected chi connectivity index (χ0v) is 12.0. The Balaban J connectivity index is 1.87. The summed E-state index contributed by atoms with van der Waals surface area (Å²) in [5.74, 6) is 0.352. The topological polar surface area (TPSA) is 63.6 Å². The minimum atomic E-state index is -0.627. The largest absolute Gasteiger partial charge is 0.481 e. The molecule has 2 aromatic rings. The molecule has 21 heavy (non-hydrogen) atoms. The van der Waals surface area contributed by atoms with Crippen molar-refractivity contribution < 1.29 is 9.53 Å². The number of aryl methyl sites for hydroxylation is 1. The average Bonchev–Trinajstić information content (AvgIpc) is 2.48. The van der Waals surface area contributed by atoms with Gasteiger partial charge in [-0.3, -0.25) is 9.78 Å². The Labute approximate surface area is 123 Å². The number of pyridine rings is 1. The van der Waals surface area contributed by atoms with Crippen molar-refractivity contribution in [3.63, 3.8) is 0 Å². The first-order chi connectivity index (χ1) is 10.1. The second kappa shape index (κ2) is 7.19. The number of ether oxygens (including phenoxy) is 1. The van der Waals surface area contributed by atoms with Gasteiger partial charge in [-0.2, -0.15) is 5.10 Å². The molecule has 1 N–H and O–H groups in total. The molecule has 0 aliphatic heterocycles. The standard InChI is InChI=1S/C16H17N3O2/c1-12-5-3-7-15(9-12)21-13(2)16(20)19-18-11-14-6-4-8-17-10-14/h3-11,13H,1-2H3,(H,19,20)/b18-11-/t13-/m0/s1. The number of aromatic nitrogens is 1. The minimum absolute atomic E-state index is 0.309. The summed E-state index contributed by atoms with van der Waals surface area (Å²) in [5.41, 5.74) is 4.33. The second-order valence-corrected chi connectivity index (χ2v) is 4.60. The van der Waals surface area contributed by atoms with E-state index in [0.29, 0.717) is 5.75 Å². The van der Waals surface area contributed by atoms with Crippen LogP contribution in [0, 0.1) is 6.92 Å². The van der Waals surface area contributed by atoms with E-state index in [9.17, 15) is 4.79 Å². The zero-order valence-electron chi connectivity index (χ0n) is 12.0. The zero-order chi connectivity index (χ0) is 15.1. The maximum absolute atomic E-state index is 11.9. The molecule has 5 heteroatoms. The predicted molar refractivity (Wildman–Crippen MR) is 81.2 cm³/mol. The van der Waals surface area contributed by atoms with Crippen LogP contribution in [0.15, 0.2) is 53.9 Å². The molecule has 1 atom stereocenters. The number of amides is 1. The fourth-order valence-electron chi connectivity index (χ4n) is 1.66. The molecule has 0 fully saturated rings. The van der Waals surface area contributed by atoms with Crippen LogP contribution in [0.5, 0.6) is 5.75 Å². The number of hydrogen-bond acceptors (Lipinski definition) is 4. The van der Waals surface area contributed by atoms with Crippen molar-refractivity contribution in [2.45, 2.75) is 20.0 Å². The summed E-state index contributed by atoms with van der Waals surface area (Å²) in [4.78, 5) is 15.8. The third kappa shape index (κ3) is 4.72. The lowest BCUT2D eigenvalue weighted by atomic mass is 10.2. The number of nitrogens with zero attached hydrogens (tertiary/aromatic N) is 2. The molecule has 1 aromatic carbocycles. The average molecular weight is 283 g/mol. The Kier molecular flexibility index (Phi) is 5.04. The fraction of sp³-hybridized carbons (Fsp3) is 0.188. The molecule has 0 radical (unpaired) electrons. The number of hydrazone groups is 1. The second-order valence-electron chi connectivity index (χ2n) is 4.60. The molecular weight excluding hydrogens is 266 g/mol. The van der Waals surface area contributed by atoms with Gasteiger partial charge >= 0.3 is 0 Å². The van der Waals surface area contributed by atoms with Gasteiger partial charge in [0.15, 0.2) is 6.10 Å². The number of carbonyl (C=O) groups excluding carboxylic acids is 1. The van der Waals surface area contributed by atoms with Gasteiger partial charge in [-0.1, -0.05) is 18.2 Å². The van der Waals surface area contributed by atoms with Gasteiger partial charge < -0.3 is 4.74 Å². The van der Waals surface area contributed by atoms with E-state index in [1.807, 2.05) is 37.3 Å². The Morgan fingerprint density at radius 3 is 2.95 bits per heavy atom. The number of carbonyl (C=O) groups is 1. The maximum Gasteiger partial charge on any atom is 0.280 e. The third-order valence-corrected chi connectivity index (χ3v) is 2.74. The lowest BCUT2D eigenvalue weighted by molar-refractivity contribution is -0.127. The summed E-state index contributed by atoms with van der Waals surface area (Å²) in [6, 6.07) is 11.2. The summed E-state index contributed by atoms with van der Waals surface area (Å²) in [7, 11) is 0. The summed E-state index contributed by atoms with van der Waals surface area (Å²) in [6.45, 7) is 3.65. The minimum Gasteiger partial charge on any atom is -0.481 e. The molecule has 2 rings (SSSR count). The van der Waals surface area contributed by atoms with Gasteiger partial charge in [-0.05, 0) is 37.6 Å². The third-order valence-electron chi connectivity index (χ3n) is 2.74. The van der Waals surface area contributed by atoms with Gasteiger partial charge in [0, 0.05) is 18.0 Å². The monoisotopic (exact) mass is 283 g/mol. The smallest absolute Gasteiger partial charge is 0.280 e.